The Hall–Kier alpha value is -0.900. The summed E-state index contributed by atoms with van der Waals surface area (Å²) in [6, 6.07) is 0. The summed E-state index contributed by atoms with van der Waals surface area (Å²) in [4.78, 5) is 15.9. The quantitative estimate of drug-likeness (QED) is 0.763. The molecule has 0 radical (unpaired) electrons. The Bertz CT molecular complexity index is 329. The van der Waals surface area contributed by atoms with Gasteiger partial charge in [-0.3, -0.25) is 4.79 Å². The smallest absolute Gasteiger partial charge is 0.180 e. The Labute approximate surface area is 87.3 Å². The summed E-state index contributed by atoms with van der Waals surface area (Å²) in [6.07, 6.45) is 7.05. The van der Waals surface area contributed by atoms with E-state index in [4.69, 9.17) is 5.73 Å². The Morgan fingerprint density at radius 3 is 2.71 bits per heavy atom. The van der Waals surface area contributed by atoms with Gasteiger partial charge in [-0.25, -0.2) is 4.98 Å². The first-order valence-electron chi connectivity index (χ1n) is 5.02. The van der Waals surface area contributed by atoms with Crippen LogP contribution in [0.5, 0.6) is 0 Å². The fourth-order valence-corrected chi connectivity index (χ4v) is 3.07. The number of rotatable bonds is 2. The third-order valence-electron chi connectivity index (χ3n) is 2.79. The number of thiazole rings is 1. The van der Waals surface area contributed by atoms with Gasteiger partial charge in [-0.15, -0.1) is 11.3 Å². The van der Waals surface area contributed by atoms with Crippen molar-refractivity contribution in [1.29, 1.82) is 0 Å². The van der Waals surface area contributed by atoms with Crippen LogP contribution in [-0.4, -0.2) is 11.3 Å². The average molecular weight is 210 g/mol. The Balaban J connectivity index is 2.24. The average Bonchev–Trinajstić information content (AvgIpc) is 2.61. The topological polar surface area (TPSA) is 56.0 Å². The van der Waals surface area contributed by atoms with Gasteiger partial charge in [0.1, 0.15) is 5.69 Å². The molecule has 0 unspecified atom stereocenters. The largest absolute Gasteiger partial charge is 0.375 e. The molecule has 14 heavy (non-hydrogen) atoms. The Morgan fingerprint density at radius 1 is 1.36 bits per heavy atom. The number of carbonyl (C=O) groups excluding carboxylic acids is 1. The van der Waals surface area contributed by atoms with E-state index in [0.717, 1.165) is 11.2 Å². The van der Waals surface area contributed by atoms with Crippen molar-refractivity contribution in [1.82, 2.24) is 4.98 Å². The van der Waals surface area contributed by atoms with Gasteiger partial charge in [0.25, 0.3) is 0 Å². The van der Waals surface area contributed by atoms with Crippen molar-refractivity contribution in [2.45, 2.75) is 38.0 Å². The highest BCUT2D eigenvalue weighted by Gasteiger charge is 2.21. The second-order valence-electron chi connectivity index (χ2n) is 3.75. The van der Waals surface area contributed by atoms with E-state index >= 15 is 0 Å². The predicted molar refractivity (Wildman–Crippen MR) is 57.7 cm³/mol. The molecule has 1 fully saturated rings. The zero-order chi connectivity index (χ0) is 9.97. The van der Waals surface area contributed by atoms with Gasteiger partial charge in [0, 0.05) is 4.88 Å². The summed E-state index contributed by atoms with van der Waals surface area (Å²) in [6.45, 7) is 0. The van der Waals surface area contributed by atoms with Crippen LogP contribution < -0.4 is 5.73 Å². The van der Waals surface area contributed by atoms with E-state index in [1.54, 1.807) is 0 Å². The van der Waals surface area contributed by atoms with Crippen LogP contribution in [0.25, 0.3) is 0 Å². The van der Waals surface area contributed by atoms with Gasteiger partial charge in [0.15, 0.2) is 11.4 Å². The molecule has 1 saturated carbocycles. The first-order chi connectivity index (χ1) is 6.81. The molecule has 0 bridgehead atoms. The number of nitrogen functional groups attached to an aromatic ring is 1. The van der Waals surface area contributed by atoms with Gasteiger partial charge in [-0.1, -0.05) is 19.3 Å². The minimum absolute atomic E-state index is 0.521. The summed E-state index contributed by atoms with van der Waals surface area (Å²) in [5, 5.41) is 0.521. The minimum atomic E-state index is 0.521. The molecule has 1 aliphatic rings. The third-order valence-corrected chi connectivity index (χ3v) is 3.85. The van der Waals surface area contributed by atoms with E-state index in [9.17, 15) is 4.79 Å². The number of aldehydes is 1. The number of hydrogen-bond acceptors (Lipinski definition) is 4. The maximum absolute atomic E-state index is 10.8. The molecule has 1 aromatic heterocycles. The highest BCUT2D eigenvalue weighted by atomic mass is 32.1. The Kier molecular flexibility index (Phi) is 2.82. The third kappa shape index (κ3) is 1.80. The van der Waals surface area contributed by atoms with Crippen LogP contribution in [0.4, 0.5) is 5.13 Å². The molecule has 0 spiro atoms. The fourth-order valence-electron chi connectivity index (χ4n) is 2.10. The van der Waals surface area contributed by atoms with Gasteiger partial charge in [-0.05, 0) is 18.8 Å². The van der Waals surface area contributed by atoms with E-state index in [-0.39, 0.29) is 0 Å². The van der Waals surface area contributed by atoms with Crippen molar-refractivity contribution >= 4 is 22.8 Å². The van der Waals surface area contributed by atoms with Crippen molar-refractivity contribution < 1.29 is 4.79 Å². The molecule has 76 valence electrons. The van der Waals surface area contributed by atoms with Gasteiger partial charge in [0.2, 0.25) is 0 Å². The number of hydrogen-bond donors (Lipinski definition) is 1. The number of nitrogens with zero attached hydrogens (tertiary/aromatic N) is 1. The van der Waals surface area contributed by atoms with E-state index in [1.165, 1.54) is 43.4 Å². The van der Waals surface area contributed by atoms with Crippen molar-refractivity contribution in [3.05, 3.63) is 10.6 Å². The van der Waals surface area contributed by atoms with Crippen LogP contribution in [0.1, 0.15) is 53.4 Å². The lowest BCUT2D eigenvalue weighted by atomic mass is 9.88. The zero-order valence-electron chi connectivity index (χ0n) is 8.03. The van der Waals surface area contributed by atoms with Crippen molar-refractivity contribution in [2.75, 3.05) is 5.73 Å². The molecule has 1 heterocycles. The van der Waals surface area contributed by atoms with Gasteiger partial charge in [0.05, 0.1) is 0 Å². The van der Waals surface area contributed by atoms with Gasteiger partial charge >= 0.3 is 0 Å². The molecule has 0 saturated heterocycles. The number of anilines is 1. The molecule has 0 amide bonds. The van der Waals surface area contributed by atoms with Crippen LogP contribution in [0.3, 0.4) is 0 Å². The monoisotopic (exact) mass is 210 g/mol. The van der Waals surface area contributed by atoms with Crippen LogP contribution in [0, 0.1) is 0 Å². The van der Waals surface area contributed by atoms with E-state index in [0.29, 0.717) is 16.7 Å². The minimum Gasteiger partial charge on any atom is -0.375 e. The molecular formula is C10H14N2OS. The summed E-state index contributed by atoms with van der Waals surface area (Å²) in [7, 11) is 0. The van der Waals surface area contributed by atoms with Crippen LogP contribution in [-0.2, 0) is 0 Å². The van der Waals surface area contributed by atoms with Crippen LogP contribution in [0.15, 0.2) is 0 Å². The molecule has 1 aromatic rings. The number of nitrogens with two attached hydrogens (primary N) is 1. The lowest BCUT2D eigenvalue weighted by Crippen LogP contribution is -2.04. The lowest BCUT2D eigenvalue weighted by molar-refractivity contribution is 0.111. The fraction of sp³-hybridized carbons (Fsp3) is 0.600. The van der Waals surface area contributed by atoms with Gasteiger partial charge < -0.3 is 5.73 Å². The molecule has 2 N–H and O–H groups in total. The van der Waals surface area contributed by atoms with Crippen LogP contribution >= 0.6 is 11.3 Å². The molecule has 0 aromatic carbocycles. The van der Waals surface area contributed by atoms with E-state index in [2.05, 4.69) is 4.98 Å². The maximum atomic E-state index is 10.8. The SMILES string of the molecule is Nc1nc(C=O)c(C2CCCCC2)s1. The molecule has 2 rings (SSSR count). The normalized spacial score (nSPS) is 18.3. The molecular weight excluding hydrogens is 196 g/mol. The maximum Gasteiger partial charge on any atom is 0.180 e. The van der Waals surface area contributed by atoms with Crippen LogP contribution in [0.2, 0.25) is 0 Å². The predicted octanol–water partition coefficient (Wildman–Crippen LogP) is 2.59. The molecule has 1 aliphatic carbocycles. The molecule has 0 atom stereocenters. The first-order valence-corrected chi connectivity index (χ1v) is 5.84. The highest BCUT2D eigenvalue weighted by molar-refractivity contribution is 7.15. The lowest BCUT2D eigenvalue weighted by Gasteiger charge is -2.20. The van der Waals surface area contributed by atoms with Crippen molar-refractivity contribution in [3.63, 3.8) is 0 Å². The standard InChI is InChI=1S/C10H14N2OS/c11-10-12-8(6-13)9(14-10)7-4-2-1-3-5-7/h6-7H,1-5H2,(H2,11,12). The molecule has 3 nitrogen and oxygen atoms in total. The first kappa shape index (κ1) is 9.65. The summed E-state index contributed by atoms with van der Waals surface area (Å²) >= 11 is 1.48. The van der Waals surface area contributed by atoms with E-state index < -0.39 is 0 Å². The van der Waals surface area contributed by atoms with Gasteiger partial charge in [-0.2, -0.15) is 0 Å². The van der Waals surface area contributed by atoms with Crippen molar-refractivity contribution in [2.24, 2.45) is 0 Å². The number of aromatic nitrogens is 1. The van der Waals surface area contributed by atoms with Crippen molar-refractivity contribution in [3.8, 4) is 0 Å². The summed E-state index contributed by atoms with van der Waals surface area (Å²) in [5.41, 5.74) is 6.18. The Morgan fingerprint density at radius 2 is 2.07 bits per heavy atom. The second kappa shape index (κ2) is 4.09. The highest BCUT2D eigenvalue weighted by Crippen LogP contribution is 2.37. The molecule has 4 heteroatoms. The number of carbonyl (C=O) groups is 1. The summed E-state index contributed by atoms with van der Waals surface area (Å²) < 4.78 is 0. The van der Waals surface area contributed by atoms with E-state index in [1.807, 2.05) is 0 Å². The molecule has 0 aliphatic heterocycles. The second-order valence-corrected chi connectivity index (χ2v) is 4.82. The summed E-state index contributed by atoms with van der Waals surface area (Å²) in [5.74, 6) is 0.527. The zero-order valence-corrected chi connectivity index (χ0v) is 8.85.